The minimum atomic E-state index is -0.747. The first-order chi connectivity index (χ1) is 16.7. The molecule has 4 nitrogen and oxygen atoms in total. The molecule has 0 spiro atoms. The average molecular weight is 532 g/mol. The van der Waals surface area contributed by atoms with Crippen molar-refractivity contribution in [3.8, 4) is 0 Å². The van der Waals surface area contributed by atoms with Gasteiger partial charge in [-0.2, -0.15) is 0 Å². The van der Waals surface area contributed by atoms with Crippen LogP contribution in [0.2, 0.25) is 15.1 Å². The van der Waals surface area contributed by atoms with Crippen LogP contribution in [0.3, 0.4) is 0 Å². The SMILES string of the molecule is CC(C)CNC(=O)C(Cc1ccccc1)N(Cc1c(Cl)cccc1Cl)C(=O)Cc1ccc(Cl)cc1. The van der Waals surface area contributed by atoms with E-state index in [0.29, 0.717) is 33.6 Å². The van der Waals surface area contributed by atoms with Gasteiger partial charge >= 0.3 is 0 Å². The van der Waals surface area contributed by atoms with Crippen LogP contribution < -0.4 is 5.32 Å². The molecule has 1 N–H and O–H groups in total. The van der Waals surface area contributed by atoms with Crippen molar-refractivity contribution < 1.29 is 9.59 Å². The molecular weight excluding hydrogens is 503 g/mol. The van der Waals surface area contributed by atoms with Gasteiger partial charge < -0.3 is 10.2 Å². The molecule has 1 atom stereocenters. The van der Waals surface area contributed by atoms with Gasteiger partial charge in [-0.3, -0.25) is 9.59 Å². The van der Waals surface area contributed by atoms with Crippen molar-refractivity contribution in [1.29, 1.82) is 0 Å². The summed E-state index contributed by atoms with van der Waals surface area (Å²) < 4.78 is 0. The number of rotatable bonds is 10. The largest absolute Gasteiger partial charge is 0.354 e. The second-order valence-corrected chi connectivity index (χ2v) is 10.1. The number of benzene rings is 3. The molecule has 0 heterocycles. The van der Waals surface area contributed by atoms with Gasteiger partial charge in [-0.25, -0.2) is 0 Å². The Morgan fingerprint density at radius 2 is 1.46 bits per heavy atom. The summed E-state index contributed by atoms with van der Waals surface area (Å²) in [5, 5.41) is 4.50. The van der Waals surface area contributed by atoms with Gasteiger partial charge in [0.15, 0.2) is 0 Å². The summed E-state index contributed by atoms with van der Waals surface area (Å²) in [6, 6.07) is 21.3. The molecule has 1 unspecified atom stereocenters. The normalized spacial score (nSPS) is 11.8. The lowest BCUT2D eigenvalue weighted by molar-refractivity contribution is -0.140. The van der Waals surface area contributed by atoms with E-state index in [4.69, 9.17) is 34.8 Å². The molecule has 0 aliphatic rings. The van der Waals surface area contributed by atoms with Crippen LogP contribution in [0.25, 0.3) is 0 Å². The standard InChI is InChI=1S/C28H29Cl3N2O2/c1-19(2)17-32-28(35)26(15-20-7-4-3-5-8-20)33(18-23-24(30)9-6-10-25(23)31)27(34)16-21-11-13-22(29)14-12-21/h3-14,19,26H,15-18H2,1-2H3,(H,32,35). The Morgan fingerprint density at radius 3 is 2.06 bits per heavy atom. The van der Waals surface area contributed by atoms with Crippen molar-refractivity contribution in [3.05, 3.63) is 105 Å². The molecule has 0 fully saturated rings. The van der Waals surface area contributed by atoms with Crippen LogP contribution in [0.15, 0.2) is 72.8 Å². The van der Waals surface area contributed by atoms with E-state index in [0.717, 1.165) is 11.1 Å². The topological polar surface area (TPSA) is 49.4 Å². The number of carbonyl (C=O) groups excluding carboxylic acids is 2. The van der Waals surface area contributed by atoms with E-state index in [-0.39, 0.29) is 30.7 Å². The maximum Gasteiger partial charge on any atom is 0.243 e. The van der Waals surface area contributed by atoms with Crippen molar-refractivity contribution in [3.63, 3.8) is 0 Å². The number of halogens is 3. The van der Waals surface area contributed by atoms with Gasteiger partial charge in [-0.15, -0.1) is 0 Å². The average Bonchev–Trinajstić information content (AvgIpc) is 2.83. The fourth-order valence-electron chi connectivity index (χ4n) is 3.71. The number of amides is 2. The highest BCUT2D eigenvalue weighted by molar-refractivity contribution is 6.36. The highest BCUT2D eigenvalue weighted by Gasteiger charge is 2.31. The van der Waals surface area contributed by atoms with E-state index in [2.05, 4.69) is 5.32 Å². The lowest BCUT2D eigenvalue weighted by Gasteiger charge is -2.32. The summed E-state index contributed by atoms with van der Waals surface area (Å²) in [6.45, 7) is 4.67. The first kappa shape index (κ1) is 27.1. The van der Waals surface area contributed by atoms with Gasteiger partial charge in [0, 0.05) is 40.1 Å². The second kappa shape index (κ2) is 13.0. The van der Waals surface area contributed by atoms with Crippen LogP contribution in [-0.2, 0) is 29.0 Å². The van der Waals surface area contributed by atoms with Crippen LogP contribution in [0, 0.1) is 5.92 Å². The van der Waals surface area contributed by atoms with Crippen molar-refractivity contribution in [2.24, 2.45) is 5.92 Å². The predicted octanol–water partition coefficient (Wildman–Crippen LogP) is 6.60. The van der Waals surface area contributed by atoms with E-state index in [9.17, 15) is 9.59 Å². The minimum absolute atomic E-state index is 0.109. The van der Waals surface area contributed by atoms with Gasteiger partial charge in [0.2, 0.25) is 11.8 Å². The maximum absolute atomic E-state index is 13.7. The summed E-state index contributed by atoms with van der Waals surface area (Å²) in [4.78, 5) is 28.8. The quantitative estimate of drug-likeness (QED) is 0.320. The Bertz CT molecular complexity index is 1110. The first-order valence-electron chi connectivity index (χ1n) is 11.5. The summed E-state index contributed by atoms with van der Waals surface area (Å²) in [5.74, 6) is -0.147. The second-order valence-electron chi connectivity index (χ2n) is 8.87. The summed E-state index contributed by atoms with van der Waals surface area (Å²) in [6.07, 6.45) is 0.473. The molecule has 0 aromatic heterocycles. The fraction of sp³-hybridized carbons (Fsp3) is 0.286. The summed E-state index contributed by atoms with van der Waals surface area (Å²) in [5.41, 5.74) is 2.36. The Morgan fingerprint density at radius 1 is 0.829 bits per heavy atom. The van der Waals surface area contributed by atoms with E-state index >= 15 is 0 Å². The third kappa shape index (κ3) is 7.99. The molecule has 0 aliphatic carbocycles. The highest BCUT2D eigenvalue weighted by atomic mass is 35.5. The molecule has 0 aliphatic heterocycles. The Hall–Kier alpha value is -2.53. The van der Waals surface area contributed by atoms with E-state index in [1.54, 1.807) is 35.2 Å². The smallest absolute Gasteiger partial charge is 0.243 e. The molecule has 3 aromatic carbocycles. The van der Waals surface area contributed by atoms with Crippen LogP contribution in [0.5, 0.6) is 0 Å². The molecule has 2 amide bonds. The summed E-state index contributed by atoms with van der Waals surface area (Å²) >= 11 is 18.9. The molecule has 35 heavy (non-hydrogen) atoms. The minimum Gasteiger partial charge on any atom is -0.354 e. The van der Waals surface area contributed by atoms with E-state index in [1.807, 2.05) is 56.3 Å². The Labute approximate surface area is 222 Å². The number of nitrogens with zero attached hydrogens (tertiary/aromatic N) is 1. The summed E-state index contributed by atoms with van der Waals surface area (Å²) in [7, 11) is 0. The van der Waals surface area contributed by atoms with Gasteiger partial charge in [-0.05, 0) is 41.3 Å². The van der Waals surface area contributed by atoms with Crippen LogP contribution in [-0.4, -0.2) is 29.3 Å². The highest BCUT2D eigenvalue weighted by Crippen LogP contribution is 2.27. The Kier molecular flexibility index (Phi) is 10.0. The van der Waals surface area contributed by atoms with Gasteiger partial charge in [-0.1, -0.05) is 97.2 Å². The number of nitrogens with one attached hydrogen (secondary N) is 1. The predicted molar refractivity (Wildman–Crippen MR) is 144 cm³/mol. The van der Waals surface area contributed by atoms with Crippen molar-refractivity contribution in [2.75, 3.05) is 6.54 Å². The van der Waals surface area contributed by atoms with Crippen molar-refractivity contribution in [2.45, 2.75) is 39.3 Å². The third-order valence-electron chi connectivity index (χ3n) is 5.61. The maximum atomic E-state index is 13.7. The van der Waals surface area contributed by atoms with Crippen LogP contribution in [0.4, 0.5) is 0 Å². The fourth-order valence-corrected chi connectivity index (χ4v) is 4.35. The molecule has 0 saturated carbocycles. The number of carbonyl (C=O) groups is 2. The van der Waals surface area contributed by atoms with E-state index < -0.39 is 6.04 Å². The number of hydrogen-bond acceptors (Lipinski definition) is 2. The van der Waals surface area contributed by atoms with Crippen molar-refractivity contribution in [1.82, 2.24) is 10.2 Å². The molecule has 0 radical (unpaired) electrons. The zero-order valence-electron chi connectivity index (χ0n) is 19.8. The molecule has 184 valence electrons. The molecular formula is C28H29Cl3N2O2. The molecule has 7 heteroatoms. The number of hydrogen-bond donors (Lipinski definition) is 1. The Balaban J connectivity index is 2.00. The van der Waals surface area contributed by atoms with Gasteiger partial charge in [0.25, 0.3) is 0 Å². The van der Waals surface area contributed by atoms with E-state index in [1.165, 1.54) is 0 Å². The van der Waals surface area contributed by atoms with Gasteiger partial charge in [0.1, 0.15) is 6.04 Å². The van der Waals surface area contributed by atoms with Crippen LogP contribution >= 0.6 is 34.8 Å². The molecule has 0 saturated heterocycles. The molecule has 3 rings (SSSR count). The molecule has 3 aromatic rings. The van der Waals surface area contributed by atoms with Crippen molar-refractivity contribution >= 4 is 46.6 Å². The zero-order chi connectivity index (χ0) is 25.4. The zero-order valence-corrected chi connectivity index (χ0v) is 22.1. The monoisotopic (exact) mass is 530 g/mol. The molecule has 0 bridgehead atoms. The lowest BCUT2D eigenvalue weighted by Crippen LogP contribution is -2.51. The van der Waals surface area contributed by atoms with Gasteiger partial charge in [0.05, 0.1) is 6.42 Å². The first-order valence-corrected chi connectivity index (χ1v) is 12.7. The lowest BCUT2D eigenvalue weighted by atomic mass is 10.0. The third-order valence-corrected chi connectivity index (χ3v) is 6.57. The van der Waals surface area contributed by atoms with Crippen LogP contribution in [0.1, 0.15) is 30.5 Å².